The Hall–Kier alpha value is -2.86. The molecular formula is C21H26N4O2. The molecule has 1 aromatic carbocycles. The van der Waals surface area contributed by atoms with Gasteiger partial charge in [0.2, 0.25) is 5.91 Å². The van der Waals surface area contributed by atoms with Crippen LogP contribution in [0.1, 0.15) is 30.2 Å². The minimum Gasteiger partial charge on any atom is -0.487 e. The van der Waals surface area contributed by atoms with Crippen molar-refractivity contribution >= 4 is 11.6 Å². The average Bonchev–Trinajstić information content (AvgIpc) is 3.08. The molecule has 0 spiro atoms. The van der Waals surface area contributed by atoms with Gasteiger partial charge in [0.1, 0.15) is 18.0 Å². The first-order chi connectivity index (χ1) is 13.1. The number of hydrogen-bond acceptors (Lipinski definition) is 4. The number of rotatable bonds is 9. The van der Waals surface area contributed by atoms with Crippen LogP contribution >= 0.6 is 0 Å². The largest absolute Gasteiger partial charge is 0.487 e. The lowest BCUT2D eigenvalue weighted by Gasteiger charge is -2.07. The summed E-state index contributed by atoms with van der Waals surface area (Å²) in [6, 6.07) is 12.2. The predicted molar refractivity (Wildman–Crippen MR) is 106 cm³/mol. The molecule has 0 bridgehead atoms. The summed E-state index contributed by atoms with van der Waals surface area (Å²) in [5.41, 5.74) is 4.23. The van der Waals surface area contributed by atoms with Gasteiger partial charge in [-0.05, 0) is 49.2 Å². The second-order valence-electron chi connectivity index (χ2n) is 6.60. The summed E-state index contributed by atoms with van der Waals surface area (Å²) >= 11 is 0. The van der Waals surface area contributed by atoms with Gasteiger partial charge in [0, 0.05) is 32.4 Å². The van der Waals surface area contributed by atoms with E-state index in [0.717, 1.165) is 42.2 Å². The highest BCUT2D eigenvalue weighted by Crippen LogP contribution is 2.15. The Morgan fingerprint density at radius 3 is 2.74 bits per heavy atom. The molecule has 2 heterocycles. The summed E-state index contributed by atoms with van der Waals surface area (Å²) < 4.78 is 7.88. The van der Waals surface area contributed by atoms with Crippen molar-refractivity contribution < 1.29 is 9.53 Å². The molecule has 6 nitrogen and oxygen atoms in total. The lowest BCUT2D eigenvalue weighted by molar-refractivity contribution is -0.118. The van der Waals surface area contributed by atoms with Crippen molar-refractivity contribution in [3.8, 4) is 5.75 Å². The zero-order valence-corrected chi connectivity index (χ0v) is 15.9. The van der Waals surface area contributed by atoms with E-state index in [0.29, 0.717) is 13.2 Å². The molecule has 3 rings (SSSR count). The molecular weight excluding hydrogens is 340 g/mol. The van der Waals surface area contributed by atoms with Crippen LogP contribution in [0.15, 0.2) is 48.8 Å². The van der Waals surface area contributed by atoms with Crippen molar-refractivity contribution in [2.75, 3.05) is 13.1 Å². The van der Waals surface area contributed by atoms with E-state index in [4.69, 9.17) is 4.74 Å². The highest BCUT2D eigenvalue weighted by molar-refractivity contribution is 5.72. The number of nitrogens with one attached hydrogen (secondary N) is 2. The summed E-state index contributed by atoms with van der Waals surface area (Å²) in [6.45, 7) is 6.41. The monoisotopic (exact) mass is 366 g/mol. The Morgan fingerprint density at radius 2 is 2.00 bits per heavy atom. The van der Waals surface area contributed by atoms with Crippen LogP contribution in [0.25, 0.3) is 5.65 Å². The first-order valence-electron chi connectivity index (χ1n) is 9.22. The number of aryl methyl sites for hydroxylation is 1. The highest BCUT2D eigenvalue weighted by Gasteiger charge is 2.04. The van der Waals surface area contributed by atoms with Crippen LogP contribution in [0.4, 0.5) is 0 Å². The zero-order chi connectivity index (χ0) is 19.1. The van der Waals surface area contributed by atoms with Crippen molar-refractivity contribution in [1.29, 1.82) is 0 Å². The number of benzene rings is 1. The third kappa shape index (κ3) is 5.56. The molecule has 0 aliphatic carbocycles. The molecule has 0 radical (unpaired) electrons. The quantitative estimate of drug-likeness (QED) is 0.572. The van der Waals surface area contributed by atoms with Crippen molar-refractivity contribution in [1.82, 2.24) is 20.0 Å². The molecule has 27 heavy (non-hydrogen) atoms. The standard InChI is InChI=1S/C21H26N4O2/c1-16-5-3-12-25-14-19(24-21(16)25)15-27-20-8-6-18(7-9-20)13-22-10-4-11-23-17(2)26/h3,5-9,12,14,22H,4,10-11,13,15H2,1-2H3,(H,23,26). The van der Waals surface area contributed by atoms with E-state index in [-0.39, 0.29) is 5.91 Å². The second kappa shape index (κ2) is 9.19. The fraction of sp³-hybridized carbons (Fsp3) is 0.333. The average molecular weight is 366 g/mol. The number of aromatic nitrogens is 2. The van der Waals surface area contributed by atoms with E-state index in [2.05, 4.69) is 40.7 Å². The van der Waals surface area contributed by atoms with Gasteiger partial charge in [-0.3, -0.25) is 4.79 Å². The fourth-order valence-corrected chi connectivity index (χ4v) is 2.85. The van der Waals surface area contributed by atoms with E-state index < -0.39 is 0 Å². The van der Waals surface area contributed by atoms with Gasteiger partial charge < -0.3 is 19.8 Å². The number of pyridine rings is 1. The summed E-state index contributed by atoms with van der Waals surface area (Å²) in [5, 5.41) is 6.16. The van der Waals surface area contributed by atoms with E-state index in [9.17, 15) is 4.79 Å². The number of imidazole rings is 1. The van der Waals surface area contributed by atoms with E-state index in [1.165, 1.54) is 12.5 Å². The summed E-state index contributed by atoms with van der Waals surface area (Å²) in [5.74, 6) is 0.850. The van der Waals surface area contributed by atoms with Crippen molar-refractivity contribution in [3.05, 3.63) is 65.6 Å². The molecule has 0 fully saturated rings. The zero-order valence-electron chi connectivity index (χ0n) is 15.9. The SMILES string of the molecule is CC(=O)NCCCNCc1ccc(OCc2cn3cccc(C)c3n2)cc1. The Labute approximate surface area is 159 Å². The molecule has 2 aromatic heterocycles. The van der Waals surface area contributed by atoms with Gasteiger partial charge in [-0.15, -0.1) is 0 Å². The summed E-state index contributed by atoms with van der Waals surface area (Å²) in [6.07, 6.45) is 4.91. The van der Waals surface area contributed by atoms with Crippen molar-refractivity contribution in [2.45, 2.75) is 33.4 Å². The maximum atomic E-state index is 10.8. The van der Waals surface area contributed by atoms with Gasteiger partial charge in [-0.2, -0.15) is 0 Å². The number of nitrogens with zero attached hydrogens (tertiary/aromatic N) is 2. The number of hydrogen-bond donors (Lipinski definition) is 2. The minimum atomic E-state index is 0.0179. The molecule has 0 saturated heterocycles. The van der Waals surface area contributed by atoms with Crippen LogP contribution < -0.4 is 15.4 Å². The molecule has 0 aliphatic rings. The number of amides is 1. The van der Waals surface area contributed by atoms with Gasteiger partial charge >= 0.3 is 0 Å². The van der Waals surface area contributed by atoms with Gasteiger partial charge in [-0.25, -0.2) is 4.98 Å². The van der Waals surface area contributed by atoms with Crippen LogP contribution in [-0.2, 0) is 17.9 Å². The Balaban J connectivity index is 1.43. The predicted octanol–water partition coefficient (Wildman–Crippen LogP) is 2.84. The summed E-state index contributed by atoms with van der Waals surface area (Å²) in [7, 11) is 0. The molecule has 2 N–H and O–H groups in total. The Bertz CT molecular complexity index is 887. The molecule has 0 aliphatic heterocycles. The Morgan fingerprint density at radius 1 is 1.19 bits per heavy atom. The highest BCUT2D eigenvalue weighted by atomic mass is 16.5. The molecule has 6 heteroatoms. The third-order valence-electron chi connectivity index (χ3n) is 4.27. The number of fused-ring (bicyclic) bond motifs is 1. The normalized spacial score (nSPS) is 10.9. The van der Waals surface area contributed by atoms with Crippen LogP contribution in [-0.4, -0.2) is 28.4 Å². The van der Waals surface area contributed by atoms with Crippen LogP contribution in [0.5, 0.6) is 5.75 Å². The molecule has 0 saturated carbocycles. The van der Waals surface area contributed by atoms with E-state index in [1.54, 1.807) is 0 Å². The van der Waals surface area contributed by atoms with Crippen molar-refractivity contribution in [3.63, 3.8) is 0 Å². The lowest BCUT2D eigenvalue weighted by atomic mass is 10.2. The maximum absolute atomic E-state index is 10.8. The van der Waals surface area contributed by atoms with Crippen LogP contribution in [0.3, 0.4) is 0 Å². The van der Waals surface area contributed by atoms with Crippen LogP contribution in [0, 0.1) is 6.92 Å². The maximum Gasteiger partial charge on any atom is 0.216 e. The minimum absolute atomic E-state index is 0.0179. The smallest absolute Gasteiger partial charge is 0.216 e. The van der Waals surface area contributed by atoms with Gasteiger partial charge in [0.15, 0.2) is 0 Å². The first kappa shape index (κ1) is 18.9. The van der Waals surface area contributed by atoms with Gasteiger partial charge in [-0.1, -0.05) is 18.2 Å². The van der Waals surface area contributed by atoms with Gasteiger partial charge in [0.25, 0.3) is 0 Å². The molecule has 0 unspecified atom stereocenters. The van der Waals surface area contributed by atoms with Gasteiger partial charge in [0.05, 0.1) is 5.69 Å². The van der Waals surface area contributed by atoms with Crippen molar-refractivity contribution in [2.24, 2.45) is 0 Å². The molecule has 1 amide bonds. The fourth-order valence-electron chi connectivity index (χ4n) is 2.85. The number of carbonyl (C=O) groups is 1. The molecule has 142 valence electrons. The lowest BCUT2D eigenvalue weighted by Crippen LogP contribution is -2.24. The number of carbonyl (C=O) groups excluding carboxylic acids is 1. The summed E-state index contributed by atoms with van der Waals surface area (Å²) in [4.78, 5) is 15.4. The number of ether oxygens (including phenoxy) is 1. The molecule has 0 atom stereocenters. The third-order valence-corrected chi connectivity index (χ3v) is 4.27. The first-order valence-corrected chi connectivity index (χ1v) is 9.22. The Kier molecular flexibility index (Phi) is 6.44. The van der Waals surface area contributed by atoms with E-state index in [1.807, 2.05) is 35.0 Å². The topological polar surface area (TPSA) is 67.7 Å². The molecule has 3 aromatic rings. The second-order valence-corrected chi connectivity index (χ2v) is 6.60. The van der Waals surface area contributed by atoms with Crippen LogP contribution in [0.2, 0.25) is 0 Å². The van der Waals surface area contributed by atoms with E-state index >= 15 is 0 Å².